The second-order valence-corrected chi connectivity index (χ2v) is 5.26. The van der Waals surface area contributed by atoms with Crippen LogP contribution in [0.2, 0.25) is 0 Å². The number of rotatable bonds is 1. The number of pyridine rings is 1. The fraction of sp³-hybridized carbons (Fsp3) is 0.235. The summed E-state index contributed by atoms with van der Waals surface area (Å²) in [6.45, 7) is 3.47. The second-order valence-electron chi connectivity index (χ2n) is 5.26. The Kier molecular flexibility index (Phi) is 2.81. The Morgan fingerprint density at radius 3 is 2.81 bits per heavy atom. The fourth-order valence-electron chi connectivity index (χ4n) is 2.62. The number of hydrogen-bond acceptors (Lipinski definition) is 3. The van der Waals surface area contributed by atoms with Gasteiger partial charge < -0.3 is 13.9 Å². The van der Waals surface area contributed by atoms with Crippen molar-refractivity contribution in [3.8, 4) is 22.8 Å². The van der Waals surface area contributed by atoms with Gasteiger partial charge in [-0.1, -0.05) is 6.07 Å². The molecule has 0 N–H and O–H groups in total. The molecule has 0 aliphatic carbocycles. The number of ether oxygens (including phenoxy) is 2. The molecule has 0 amide bonds. The molecule has 4 heteroatoms. The number of aromatic nitrogens is 2. The first kappa shape index (κ1) is 12.3. The first-order valence-corrected chi connectivity index (χ1v) is 7.15. The third-order valence-corrected chi connectivity index (χ3v) is 3.72. The zero-order valence-electron chi connectivity index (χ0n) is 11.9. The molecule has 4 nitrogen and oxygen atoms in total. The highest BCUT2D eigenvalue weighted by molar-refractivity contribution is 5.67. The zero-order chi connectivity index (χ0) is 14.2. The molecule has 0 bridgehead atoms. The minimum absolute atomic E-state index is 0.695. The monoisotopic (exact) mass is 280 g/mol. The topological polar surface area (TPSA) is 35.8 Å². The standard InChI is InChI=1S/C17H16N2O2/c1-12-4-2-7-19-11-14(18-17(12)19)13-5-6-15-16(10-13)21-9-3-8-20-15/h2,4-7,10-11H,3,8-9H2,1H3. The van der Waals surface area contributed by atoms with Crippen molar-refractivity contribution in [3.05, 3.63) is 48.3 Å². The van der Waals surface area contributed by atoms with Crippen molar-refractivity contribution in [3.63, 3.8) is 0 Å². The average Bonchev–Trinajstić information content (AvgIpc) is 2.80. The highest BCUT2D eigenvalue weighted by atomic mass is 16.5. The number of hydrogen-bond donors (Lipinski definition) is 0. The van der Waals surface area contributed by atoms with E-state index in [0.29, 0.717) is 13.2 Å². The van der Waals surface area contributed by atoms with Gasteiger partial charge in [0.25, 0.3) is 0 Å². The Labute approximate surface area is 123 Å². The normalized spacial score (nSPS) is 14.1. The van der Waals surface area contributed by atoms with Gasteiger partial charge in [0.05, 0.1) is 18.9 Å². The summed E-state index contributed by atoms with van der Waals surface area (Å²) in [6.07, 6.45) is 4.97. The summed E-state index contributed by atoms with van der Waals surface area (Å²) < 4.78 is 13.5. The quantitative estimate of drug-likeness (QED) is 0.684. The van der Waals surface area contributed by atoms with Crippen LogP contribution in [0.5, 0.6) is 11.5 Å². The van der Waals surface area contributed by atoms with Gasteiger partial charge in [-0.2, -0.15) is 0 Å². The van der Waals surface area contributed by atoms with E-state index >= 15 is 0 Å². The van der Waals surface area contributed by atoms with Crippen molar-refractivity contribution in [2.75, 3.05) is 13.2 Å². The van der Waals surface area contributed by atoms with Gasteiger partial charge in [0.15, 0.2) is 11.5 Å². The lowest BCUT2D eigenvalue weighted by Gasteiger charge is -2.07. The molecular weight excluding hydrogens is 264 g/mol. The van der Waals surface area contributed by atoms with Crippen LogP contribution in [0, 0.1) is 6.92 Å². The summed E-state index contributed by atoms with van der Waals surface area (Å²) in [7, 11) is 0. The second kappa shape index (κ2) is 4.81. The molecule has 2 aromatic heterocycles. The third-order valence-electron chi connectivity index (χ3n) is 3.72. The molecule has 0 fully saturated rings. The predicted octanol–water partition coefficient (Wildman–Crippen LogP) is 3.47. The number of fused-ring (bicyclic) bond motifs is 2. The van der Waals surface area contributed by atoms with Crippen LogP contribution in [0.25, 0.3) is 16.9 Å². The van der Waals surface area contributed by atoms with E-state index in [1.807, 2.05) is 41.1 Å². The van der Waals surface area contributed by atoms with Crippen LogP contribution < -0.4 is 9.47 Å². The molecule has 1 aliphatic rings. The van der Waals surface area contributed by atoms with E-state index in [1.165, 1.54) is 0 Å². The van der Waals surface area contributed by atoms with Gasteiger partial charge in [-0.05, 0) is 36.8 Å². The summed E-state index contributed by atoms with van der Waals surface area (Å²) in [4.78, 5) is 4.72. The first-order chi connectivity index (χ1) is 10.3. The average molecular weight is 280 g/mol. The molecule has 106 valence electrons. The fourth-order valence-corrected chi connectivity index (χ4v) is 2.62. The van der Waals surface area contributed by atoms with Gasteiger partial charge in [0, 0.05) is 24.4 Å². The third kappa shape index (κ3) is 2.13. The van der Waals surface area contributed by atoms with Crippen molar-refractivity contribution in [2.45, 2.75) is 13.3 Å². The van der Waals surface area contributed by atoms with Crippen LogP contribution in [0.1, 0.15) is 12.0 Å². The van der Waals surface area contributed by atoms with Gasteiger partial charge in [0.1, 0.15) is 5.65 Å². The van der Waals surface area contributed by atoms with E-state index in [2.05, 4.69) is 13.0 Å². The smallest absolute Gasteiger partial charge is 0.161 e. The lowest BCUT2D eigenvalue weighted by atomic mass is 10.1. The van der Waals surface area contributed by atoms with Crippen LogP contribution in [0.15, 0.2) is 42.7 Å². The van der Waals surface area contributed by atoms with E-state index < -0.39 is 0 Å². The molecule has 0 saturated carbocycles. The number of aryl methyl sites for hydroxylation is 1. The molecule has 0 spiro atoms. The van der Waals surface area contributed by atoms with E-state index in [0.717, 1.165) is 40.4 Å². The Hall–Kier alpha value is -2.49. The largest absolute Gasteiger partial charge is 0.490 e. The Bertz CT molecular complexity index is 808. The molecule has 1 aromatic carbocycles. The molecule has 3 aromatic rings. The molecule has 3 heterocycles. The highest BCUT2D eigenvalue weighted by Gasteiger charge is 2.13. The summed E-state index contributed by atoms with van der Waals surface area (Å²) in [5.74, 6) is 1.62. The van der Waals surface area contributed by atoms with Crippen molar-refractivity contribution in [2.24, 2.45) is 0 Å². The minimum atomic E-state index is 0.695. The molecule has 21 heavy (non-hydrogen) atoms. The van der Waals surface area contributed by atoms with Gasteiger partial charge in [0.2, 0.25) is 0 Å². The maximum Gasteiger partial charge on any atom is 0.161 e. The number of benzene rings is 1. The molecule has 0 saturated heterocycles. The lowest BCUT2D eigenvalue weighted by Crippen LogP contribution is -1.97. The van der Waals surface area contributed by atoms with Crippen molar-refractivity contribution in [1.29, 1.82) is 0 Å². The summed E-state index contributed by atoms with van der Waals surface area (Å²) in [6, 6.07) is 10.1. The molecule has 0 unspecified atom stereocenters. The SMILES string of the molecule is Cc1cccn2cc(-c3ccc4c(c3)OCCCO4)nc12. The Morgan fingerprint density at radius 1 is 1.10 bits per heavy atom. The van der Waals surface area contributed by atoms with Crippen molar-refractivity contribution in [1.82, 2.24) is 9.38 Å². The maximum atomic E-state index is 5.75. The van der Waals surface area contributed by atoms with Crippen LogP contribution in [-0.2, 0) is 0 Å². The highest BCUT2D eigenvalue weighted by Crippen LogP contribution is 2.34. The zero-order valence-corrected chi connectivity index (χ0v) is 11.9. The number of nitrogens with zero attached hydrogens (tertiary/aromatic N) is 2. The van der Waals surface area contributed by atoms with Crippen LogP contribution in [-0.4, -0.2) is 22.6 Å². The molecule has 1 aliphatic heterocycles. The van der Waals surface area contributed by atoms with Gasteiger partial charge in [-0.25, -0.2) is 4.98 Å². The Balaban J connectivity index is 1.81. The molecule has 0 atom stereocenters. The van der Waals surface area contributed by atoms with Gasteiger partial charge in [-0.15, -0.1) is 0 Å². The van der Waals surface area contributed by atoms with Crippen LogP contribution >= 0.6 is 0 Å². The van der Waals surface area contributed by atoms with Crippen LogP contribution in [0.4, 0.5) is 0 Å². The summed E-state index contributed by atoms with van der Waals surface area (Å²) in [5.41, 5.74) is 4.14. The van der Waals surface area contributed by atoms with E-state index in [-0.39, 0.29) is 0 Å². The van der Waals surface area contributed by atoms with Gasteiger partial charge >= 0.3 is 0 Å². The van der Waals surface area contributed by atoms with Crippen LogP contribution in [0.3, 0.4) is 0 Å². The van der Waals surface area contributed by atoms with E-state index in [4.69, 9.17) is 14.5 Å². The van der Waals surface area contributed by atoms with Gasteiger partial charge in [-0.3, -0.25) is 0 Å². The van der Waals surface area contributed by atoms with Crippen molar-refractivity contribution >= 4 is 5.65 Å². The Morgan fingerprint density at radius 2 is 1.95 bits per heavy atom. The predicted molar refractivity (Wildman–Crippen MR) is 81.0 cm³/mol. The van der Waals surface area contributed by atoms with E-state index in [1.54, 1.807) is 0 Å². The maximum absolute atomic E-state index is 5.75. The number of imidazole rings is 1. The molecule has 4 rings (SSSR count). The van der Waals surface area contributed by atoms with E-state index in [9.17, 15) is 0 Å². The lowest BCUT2D eigenvalue weighted by molar-refractivity contribution is 0.297. The summed E-state index contributed by atoms with van der Waals surface area (Å²) in [5, 5.41) is 0. The minimum Gasteiger partial charge on any atom is -0.490 e. The van der Waals surface area contributed by atoms with Crippen molar-refractivity contribution < 1.29 is 9.47 Å². The summed E-state index contributed by atoms with van der Waals surface area (Å²) >= 11 is 0. The molecule has 0 radical (unpaired) electrons. The first-order valence-electron chi connectivity index (χ1n) is 7.15. The molecular formula is C17H16N2O2.